The van der Waals surface area contributed by atoms with E-state index in [-0.39, 0.29) is 0 Å². The van der Waals surface area contributed by atoms with Gasteiger partial charge in [-0.25, -0.2) is 4.79 Å². The summed E-state index contributed by atoms with van der Waals surface area (Å²) in [6.07, 6.45) is -3.79. The van der Waals surface area contributed by atoms with Gasteiger partial charge in [-0.1, -0.05) is 13.5 Å². The number of halogens is 3. The molecule has 0 spiro atoms. The molecule has 18 heavy (non-hydrogen) atoms. The van der Waals surface area contributed by atoms with Crippen LogP contribution in [0.2, 0.25) is 0 Å². The van der Waals surface area contributed by atoms with Gasteiger partial charge in [0.1, 0.15) is 5.57 Å². The van der Waals surface area contributed by atoms with E-state index in [4.69, 9.17) is 4.74 Å². The smallest absolute Gasteiger partial charge is 0.422 e. The fourth-order valence-corrected chi connectivity index (χ4v) is 3.95. The zero-order valence-corrected chi connectivity index (χ0v) is 11.8. The summed E-state index contributed by atoms with van der Waals surface area (Å²) in [5.41, 5.74) is -1.45. The van der Waals surface area contributed by atoms with Crippen molar-refractivity contribution in [3.8, 4) is 0 Å². The molecule has 1 aliphatic heterocycles. The Labute approximate surface area is 113 Å². The van der Waals surface area contributed by atoms with Crippen molar-refractivity contribution < 1.29 is 22.7 Å². The van der Waals surface area contributed by atoms with E-state index in [2.05, 4.69) is 6.58 Å². The third kappa shape index (κ3) is 4.42. The normalized spacial score (nSPS) is 29.5. The van der Waals surface area contributed by atoms with Crippen LogP contribution in [0.5, 0.6) is 0 Å². The van der Waals surface area contributed by atoms with Crippen LogP contribution >= 0.6 is 23.5 Å². The molecule has 1 saturated heterocycles. The quantitative estimate of drug-likeness (QED) is 0.575. The Morgan fingerprint density at radius 1 is 1.50 bits per heavy atom. The maximum absolute atomic E-state index is 12.3. The minimum Gasteiger partial charge on any atom is -0.444 e. The summed E-state index contributed by atoms with van der Waals surface area (Å²) in [7, 11) is 0. The first-order chi connectivity index (χ1) is 8.14. The Kier molecular flexibility index (Phi) is 5.05. The van der Waals surface area contributed by atoms with Gasteiger partial charge in [-0.05, 0) is 19.1 Å². The predicted octanol–water partition coefficient (Wildman–Crippen LogP) is 3.62. The van der Waals surface area contributed by atoms with Crippen LogP contribution in [0.3, 0.4) is 0 Å². The van der Waals surface area contributed by atoms with Gasteiger partial charge in [0.15, 0.2) is 4.93 Å². The molecule has 2 unspecified atom stereocenters. The summed E-state index contributed by atoms with van der Waals surface area (Å²) < 4.78 is 41.9. The second-order valence-corrected chi connectivity index (χ2v) is 7.25. The molecule has 2 atom stereocenters. The highest BCUT2D eigenvalue weighted by Crippen LogP contribution is 2.38. The van der Waals surface area contributed by atoms with Gasteiger partial charge < -0.3 is 4.74 Å². The monoisotopic (exact) mass is 300 g/mol. The highest BCUT2D eigenvalue weighted by atomic mass is 32.2. The van der Waals surface area contributed by atoms with Crippen LogP contribution in [-0.2, 0) is 9.53 Å². The van der Waals surface area contributed by atoms with Crippen LogP contribution in [0.1, 0.15) is 20.3 Å². The van der Waals surface area contributed by atoms with Gasteiger partial charge in [0, 0.05) is 11.0 Å². The molecule has 0 bridgehead atoms. The van der Waals surface area contributed by atoms with E-state index >= 15 is 0 Å². The molecule has 7 heteroatoms. The number of carbonyl (C=O) groups excluding carboxylic acids is 1. The van der Waals surface area contributed by atoms with Crippen LogP contribution < -0.4 is 0 Å². The van der Waals surface area contributed by atoms with E-state index in [1.165, 1.54) is 11.8 Å². The first-order valence-corrected chi connectivity index (χ1v) is 7.42. The molecule has 0 aliphatic carbocycles. The zero-order chi connectivity index (χ0) is 14.0. The van der Waals surface area contributed by atoms with Gasteiger partial charge in [-0.3, -0.25) is 0 Å². The lowest BCUT2D eigenvalue weighted by Gasteiger charge is -2.27. The lowest BCUT2D eigenvalue weighted by atomic mass is 10.3. The van der Waals surface area contributed by atoms with Crippen LogP contribution in [0.15, 0.2) is 12.2 Å². The predicted molar refractivity (Wildman–Crippen MR) is 68.7 cm³/mol. The third-order valence-corrected chi connectivity index (χ3v) is 5.44. The molecule has 0 N–H and O–H groups in total. The molecule has 1 aliphatic rings. The lowest BCUT2D eigenvalue weighted by molar-refractivity contribution is -0.155. The van der Waals surface area contributed by atoms with Gasteiger partial charge in [0.2, 0.25) is 0 Å². The number of hydrogen-bond acceptors (Lipinski definition) is 4. The Morgan fingerprint density at radius 3 is 2.67 bits per heavy atom. The molecule has 0 aromatic heterocycles. The standard InChI is InChI=1S/C11H15F3O2S2/c1-7-4-5-18-10(3,6-17-7)16-9(15)8(2)11(12,13)14/h7H,2,4-6H2,1,3H3. The number of hydrogen-bond donors (Lipinski definition) is 0. The SMILES string of the molecule is C=C(C(=O)OC1(C)CSC(C)CCS1)C(F)(F)F. The van der Waals surface area contributed by atoms with Gasteiger partial charge in [-0.15, -0.1) is 11.8 Å². The van der Waals surface area contributed by atoms with Crippen molar-refractivity contribution in [1.29, 1.82) is 0 Å². The topological polar surface area (TPSA) is 26.3 Å². The number of thioether (sulfide) groups is 2. The molecule has 1 rings (SSSR count). The number of rotatable bonds is 2. The van der Waals surface area contributed by atoms with Crippen molar-refractivity contribution in [3.63, 3.8) is 0 Å². The second-order valence-electron chi connectivity index (χ2n) is 4.26. The Hall–Kier alpha value is -0.300. The molecule has 0 aromatic rings. The lowest BCUT2D eigenvalue weighted by Crippen LogP contribution is -2.33. The maximum atomic E-state index is 12.3. The molecule has 0 amide bonds. The van der Waals surface area contributed by atoms with Crippen LogP contribution in [0.4, 0.5) is 13.2 Å². The molecule has 0 aromatic carbocycles. The molecule has 2 nitrogen and oxygen atoms in total. The van der Waals surface area contributed by atoms with E-state index in [1.54, 1.807) is 18.7 Å². The summed E-state index contributed by atoms with van der Waals surface area (Å²) in [5, 5.41) is 0.420. The number of carbonyl (C=O) groups is 1. The van der Waals surface area contributed by atoms with Crippen molar-refractivity contribution in [2.24, 2.45) is 0 Å². The van der Waals surface area contributed by atoms with Gasteiger partial charge >= 0.3 is 12.1 Å². The molecule has 0 saturated carbocycles. The van der Waals surface area contributed by atoms with E-state index in [0.29, 0.717) is 11.0 Å². The zero-order valence-electron chi connectivity index (χ0n) is 10.2. The largest absolute Gasteiger partial charge is 0.444 e. The van der Waals surface area contributed by atoms with Gasteiger partial charge in [0.25, 0.3) is 0 Å². The number of alkyl halides is 3. The van der Waals surface area contributed by atoms with E-state index in [1.807, 2.05) is 6.92 Å². The Bertz CT molecular complexity index is 344. The average molecular weight is 300 g/mol. The Morgan fingerprint density at radius 2 is 2.11 bits per heavy atom. The number of ether oxygens (including phenoxy) is 1. The van der Waals surface area contributed by atoms with E-state index in [9.17, 15) is 18.0 Å². The molecule has 104 valence electrons. The fraction of sp³-hybridized carbons (Fsp3) is 0.727. The molecular formula is C11H15F3O2S2. The summed E-state index contributed by atoms with van der Waals surface area (Å²) in [5.74, 6) is -0.140. The van der Waals surface area contributed by atoms with Crippen molar-refractivity contribution in [2.45, 2.75) is 36.6 Å². The van der Waals surface area contributed by atoms with Crippen LogP contribution in [0.25, 0.3) is 0 Å². The second kappa shape index (κ2) is 5.77. The minimum absolute atomic E-state index is 0.420. The van der Waals surface area contributed by atoms with Crippen LogP contribution in [0, 0.1) is 0 Å². The van der Waals surface area contributed by atoms with Crippen molar-refractivity contribution >= 4 is 29.5 Å². The first kappa shape index (κ1) is 15.8. The van der Waals surface area contributed by atoms with Gasteiger partial charge in [-0.2, -0.15) is 24.9 Å². The number of esters is 1. The summed E-state index contributed by atoms with van der Waals surface area (Å²) in [6, 6.07) is 0. The molecule has 1 heterocycles. The average Bonchev–Trinajstić information content (AvgIpc) is 2.39. The van der Waals surface area contributed by atoms with E-state index in [0.717, 1.165) is 12.2 Å². The minimum atomic E-state index is -4.73. The highest BCUT2D eigenvalue weighted by Gasteiger charge is 2.41. The van der Waals surface area contributed by atoms with Crippen molar-refractivity contribution in [2.75, 3.05) is 11.5 Å². The summed E-state index contributed by atoms with van der Waals surface area (Å²) in [4.78, 5) is 10.5. The molecule has 0 radical (unpaired) electrons. The molecular weight excluding hydrogens is 285 g/mol. The van der Waals surface area contributed by atoms with E-state index < -0.39 is 22.7 Å². The molecule has 1 fully saturated rings. The highest BCUT2D eigenvalue weighted by molar-refractivity contribution is 8.04. The van der Waals surface area contributed by atoms with Gasteiger partial charge in [0.05, 0.1) is 0 Å². The Balaban J connectivity index is 2.65. The summed E-state index contributed by atoms with van der Waals surface area (Å²) >= 11 is 2.97. The fourth-order valence-electron chi connectivity index (χ4n) is 1.29. The maximum Gasteiger partial charge on any atom is 0.422 e. The van der Waals surface area contributed by atoms with Crippen LogP contribution in [-0.4, -0.2) is 33.8 Å². The van der Waals surface area contributed by atoms with Crippen molar-refractivity contribution in [3.05, 3.63) is 12.2 Å². The summed E-state index contributed by atoms with van der Waals surface area (Å²) in [6.45, 7) is 6.44. The van der Waals surface area contributed by atoms with Crippen molar-refractivity contribution in [1.82, 2.24) is 0 Å². The first-order valence-electron chi connectivity index (χ1n) is 5.39. The third-order valence-electron chi connectivity index (χ3n) is 2.46.